The molecule has 2 aliphatic carbocycles. The number of thiocarbonyl (C=S) groups is 2. The number of thioether (sulfide) groups is 2. The highest BCUT2D eigenvalue weighted by Crippen LogP contribution is 2.67. The number of benzene rings is 4. The lowest BCUT2D eigenvalue weighted by atomic mass is 9.79. The lowest BCUT2D eigenvalue weighted by Gasteiger charge is -2.27. The minimum absolute atomic E-state index is 0.0464. The van der Waals surface area contributed by atoms with Crippen LogP contribution in [0.3, 0.4) is 0 Å². The molecule has 0 bridgehead atoms. The van der Waals surface area contributed by atoms with Crippen LogP contribution in [0.4, 0.5) is 10.3 Å². The number of rotatable bonds is 16. The third-order valence-corrected chi connectivity index (χ3v) is 16.7. The Labute approximate surface area is 449 Å². The van der Waals surface area contributed by atoms with Crippen molar-refractivity contribution in [3.63, 3.8) is 0 Å². The highest BCUT2D eigenvalue weighted by molar-refractivity contribution is 8.35. The van der Waals surface area contributed by atoms with E-state index in [9.17, 15) is 9.59 Å². The molecule has 6 aromatic rings. The van der Waals surface area contributed by atoms with Gasteiger partial charge in [-0.25, -0.2) is 20.0 Å². The van der Waals surface area contributed by atoms with E-state index < -0.39 is 46.5 Å². The maximum Gasteiger partial charge on any atom is 0.334 e. The largest absolute Gasteiger partial charge is 0.459 e. The molecule has 2 amide bonds. The number of carbonyl (C=O) groups is 6. The molecule has 0 atom stereocenters. The molecule has 16 nitrogen and oxygen atoms in total. The molecule has 0 N–H and O–H groups in total. The second-order valence-corrected chi connectivity index (χ2v) is 21.7. The molecule has 22 heteroatoms. The minimum Gasteiger partial charge on any atom is -0.459 e. The molecular weight excluding hydrogens is 1060 g/mol. The van der Waals surface area contributed by atoms with Crippen LogP contribution < -0.4 is 0 Å². The molecule has 372 valence electrons. The monoisotopic (exact) mass is 1100 g/mol. The highest BCUT2D eigenvalue weighted by Gasteiger charge is 2.73. The first-order valence-electron chi connectivity index (χ1n) is 22.8. The maximum atomic E-state index is 15.8. The molecule has 4 heterocycles. The van der Waals surface area contributed by atoms with Crippen molar-refractivity contribution in [2.75, 3.05) is 13.1 Å². The number of hydrogen-bond donors (Lipinski definition) is 0. The molecule has 0 saturated carbocycles. The second-order valence-electron chi connectivity index (χ2n) is 16.5. The zero-order valence-corrected chi connectivity index (χ0v) is 43.9. The number of fused-ring (bicyclic) bond motifs is 4. The van der Waals surface area contributed by atoms with Crippen LogP contribution in [0, 0.1) is 0 Å². The van der Waals surface area contributed by atoms with Gasteiger partial charge in [0.2, 0.25) is 21.1 Å². The molecule has 2 aromatic heterocycles. The first-order chi connectivity index (χ1) is 35.9. The summed E-state index contributed by atoms with van der Waals surface area (Å²) in [6.45, 7) is 2.66. The van der Waals surface area contributed by atoms with E-state index in [0.717, 1.165) is 46.2 Å². The summed E-state index contributed by atoms with van der Waals surface area (Å²) in [5.41, 5.74) is -4.31. The van der Waals surface area contributed by atoms with Crippen LogP contribution in [0.2, 0.25) is 0 Å². The van der Waals surface area contributed by atoms with Crippen LogP contribution in [0.1, 0.15) is 57.2 Å². The third-order valence-electron chi connectivity index (χ3n) is 12.2. The van der Waals surface area contributed by atoms with Gasteiger partial charge < -0.3 is 18.9 Å². The summed E-state index contributed by atoms with van der Waals surface area (Å²) in [6, 6.07) is 35.0. The van der Waals surface area contributed by atoms with Gasteiger partial charge in [0.05, 0.1) is 21.1 Å². The van der Waals surface area contributed by atoms with Gasteiger partial charge in [0.1, 0.15) is 35.1 Å². The molecule has 74 heavy (non-hydrogen) atoms. The Kier molecular flexibility index (Phi) is 14.3. The van der Waals surface area contributed by atoms with E-state index in [2.05, 4.69) is 9.98 Å². The van der Waals surface area contributed by atoms with Gasteiger partial charge >= 0.3 is 23.9 Å². The normalized spacial score (nSPS) is 17.2. The summed E-state index contributed by atoms with van der Waals surface area (Å²) in [5.74, 6) is -5.76. The number of aliphatic imine (C=N–C) groups is 2. The summed E-state index contributed by atoms with van der Waals surface area (Å²) in [4.78, 5) is 112. The number of amides is 2. The van der Waals surface area contributed by atoms with Gasteiger partial charge in [0.15, 0.2) is 10.1 Å². The SMILES string of the molecule is CCN1C(=O)C(=Nc2nc3c(s2)C2=C(c4sc(N=C5SC(=S)N(CC)C5=O)nc4C2(C(=O)OCc2ccccc2)C(=O)OCc2ccccc2)C3(C(=O)OCc2ccccc2)C(=O)OCc2ccccc2)SC1=S. The number of thiazole rings is 2. The Balaban J connectivity index is 1.26. The second kappa shape index (κ2) is 21.0. The third kappa shape index (κ3) is 8.87. The Morgan fingerprint density at radius 3 is 1.04 bits per heavy atom. The van der Waals surface area contributed by atoms with Gasteiger partial charge in [-0.3, -0.25) is 38.6 Å². The molecule has 0 radical (unpaired) electrons. The molecule has 4 aliphatic rings. The molecule has 2 aliphatic heterocycles. The fraction of sp³-hybridized carbons (Fsp3) is 0.192. The van der Waals surface area contributed by atoms with Gasteiger partial charge in [0, 0.05) is 24.2 Å². The van der Waals surface area contributed by atoms with Crippen LogP contribution in [0.5, 0.6) is 0 Å². The molecule has 10 rings (SSSR count). The number of aromatic nitrogens is 2. The molecule has 2 fully saturated rings. The standard InChI is InChI=1S/C52H38N6O10S6/c1-3-57-41(59)39(73-49(57)69)55-47-53-37-35(71-47)33-34(51(37,43(61)65-25-29-17-9-5-10-18-29)44(62)66-26-30-19-11-6-12-20-30)36-38(54-48(72-36)56-40-42(60)58(4-2)50(70)74-40)52(33,45(63)67-27-31-21-13-7-14-22-31)46(64)68-28-32-23-15-8-16-24-32/h5-24H,3-4,25-28H2,1-2H3. The summed E-state index contributed by atoms with van der Waals surface area (Å²) < 4.78 is 25.2. The number of nitrogens with zero attached hydrogens (tertiary/aromatic N) is 6. The van der Waals surface area contributed by atoms with E-state index in [1.807, 2.05) is 0 Å². The average Bonchev–Trinajstić information content (AvgIpc) is 4.33. The van der Waals surface area contributed by atoms with Crippen molar-refractivity contribution in [3.05, 3.63) is 165 Å². The first kappa shape index (κ1) is 50.5. The van der Waals surface area contributed by atoms with Crippen molar-refractivity contribution in [2.45, 2.75) is 51.1 Å². The maximum absolute atomic E-state index is 15.8. The van der Waals surface area contributed by atoms with Crippen molar-refractivity contribution < 1.29 is 47.7 Å². The number of esters is 4. The van der Waals surface area contributed by atoms with Gasteiger partial charge in [-0.1, -0.05) is 168 Å². The van der Waals surface area contributed by atoms with Crippen LogP contribution in [-0.2, 0) is 85.0 Å². The van der Waals surface area contributed by atoms with E-state index in [4.69, 9.17) is 53.4 Å². The summed E-state index contributed by atoms with van der Waals surface area (Å²) in [6.07, 6.45) is 0. The predicted molar refractivity (Wildman–Crippen MR) is 289 cm³/mol. The van der Waals surface area contributed by atoms with E-state index in [1.54, 1.807) is 135 Å². The van der Waals surface area contributed by atoms with Gasteiger partial charge in [-0.2, -0.15) is 0 Å². The molecule has 2 saturated heterocycles. The van der Waals surface area contributed by atoms with E-state index in [0.29, 0.717) is 22.3 Å². The van der Waals surface area contributed by atoms with Crippen LogP contribution in [-0.4, -0.2) is 87.3 Å². The molecule has 0 spiro atoms. The van der Waals surface area contributed by atoms with E-state index in [-0.39, 0.29) is 101 Å². The summed E-state index contributed by atoms with van der Waals surface area (Å²) in [5, 5.41) is -0.367. The Bertz CT molecular complexity index is 3060. The zero-order chi connectivity index (χ0) is 51.7. The van der Waals surface area contributed by atoms with E-state index in [1.165, 1.54) is 9.80 Å². The van der Waals surface area contributed by atoms with Crippen molar-refractivity contribution in [1.82, 2.24) is 19.8 Å². The van der Waals surface area contributed by atoms with Crippen molar-refractivity contribution in [3.8, 4) is 0 Å². The zero-order valence-electron chi connectivity index (χ0n) is 39.0. The first-order valence-corrected chi connectivity index (χ1v) is 26.9. The minimum atomic E-state index is -2.74. The van der Waals surface area contributed by atoms with E-state index >= 15 is 19.2 Å². The summed E-state index contributed by atoms with van der Waals surface area (Å²) >= 11 is 14.5. The topological polar surface area (TPSA) is 196 Å². The van der Waals surface area contributed by atoms with Crippen LogP contribution in [0.15, 0.2) is 131 Å². The number of ether oxygens (including phenoxy) is 4. The fourth-order valence-electron chi connectivity index (χ4n) is 8.65. The molecular formula is C52H38N6O10S6. The van der Waals surface area contributed by atoms with Crippen molar-refractivity contribution in [1.29, 1.82) is 0 Å². The Hall–Kier alpha value is -7.08. The number of carbonyl (C=O) groups excluding carboxylic acids is 6. The smallest absolute Gasteiger partial charge is 0.334 e. The quantitative estimate of drug-likeness (QED) is 0.0385. The van der Waals surface area contributed by atoms with Crippen molar-refractivity contribution >= 4 is 146 Å². The van der Waals surface area contributed by atoms with Crippen LogP contribution >= 0.6 is 70.6 Å². The molecule has 0 unspecified atom stereocenters. The van der Waals surface area contributed by atoms with Gasteiger partial charge in [-0.05, 0) is 59.6 Å². The lowest BCUT2D eigenvalue weighted by Crippen LogP contribution is -2.46. The van der Waals surface area contributed by atoms with Crippen LogP contribution in [0.25, 0.3) is 11.1 Å². The Morgan fingerprint density at radius 1 is 0.500 bits per heavy atom. The highest BCUT2D eigenvalue weighted by atomic mass is 32.2. The average molecular weight is 1100 g/mol. The lowest BCUT2D eigenvalue weighted by molar-refractivity contribution is -0.165. The number of hydrogen-bond acceptors (Lipinski definition) is 20. The summed E-state index contributed by atoms with van der Waals surface area (Å²) in [7, 11) is 0. The van der Waals surface area contributed by atoms with Gasteiger partial charge in [-0.15, -0.1) is 0 Å². The Morgan fingerprint density at radius 2 is 0.784 bits per heavy atom. The van der Waals surface area contributed by atoms with Gasteiger partial charge in [0.25, 0.3) is 11.8 Å². The fourth-order valence-corrected chi connectivity index (χ4v) is 13.5. The molecule has 4 aromatic carbocycles. The van der Waals surface area contributed by atoms with Crippen molar-refractivity contribution in [2.24, 2.45) is 9.98 Å². The predicted octanol–water partition coefficient (Wildman–Crippen LogP) is 8.81.